The summed E-state index contributed by atoms with van der Waals surface area (Å²) in [5, 5.41) is 0. The molecule has 3 unspecified atom stereocenters. The second-order valence-electron chi connectivity index (χ2n) is 5.56. The zero-order chi connectivity index (χ0) is 10.7. The van der Waals surface area contributed by atoms with Gasteiger partial charge in [-0.05, 0) is 24.2 Å². The van der Waals surface area contributed by atoms with Crippen molar-refractivity contribution in [3.8, 4) is 0 Å². The van der Waals surface area contributed by atoms with Gasteiger partial charge in [0.25, 0.3) is 0 Å². The third-order valence-corrected chi connectivity index (χ3v) is 3.33. The van der Waals surface area contributed by atoms with E-state index in [0.29, 0.717) is 6.04 Å². The van der Waals surface area contributed by atoms with E-state index in [0.717, 1.165) is 30.7 Å². The summed E-state index contributed by atoms with van der Waals surface area (Å²) in [7, 11) is 0. The van der Waals surface area contributed by atoms with Crippen LogP contribution in [0.15, 0.2) is 0 Å². The topological polar surface area (TPSA) is 29.3 Å². The number of hydrogen-bond donors (Lipinski definition) is 1. The van der Waals surface area contributed by atoms with E-state index in [-0.39, 0.29) is 0 Å². The van der Waals surface area contributed by atoms with Gasteiger partial charge in [-0.2, -0.15) is 0 Å². The summed E-state index contributed by atoms with van der Waals surface area (Å²) < 4.78 is 0. The molecule has 14 heavy (non-hydrogen) atoms. The molecule has 0 aromatic carbocycles. The van der Waals surface area contributed by atoms with Gasteiger partial charge in [-0.15, -0.1) is 0 Å². The molecule has 1 aliphatic heterocycles. The Balaban J connectivity index is 2.25. The highest BCUT2D eigenvalue weighted by molar-refractivity contribution is 4.81. The van der Waals surface area contributed by atoms with Crippen molar-refractivity contribution in [2.45, 2.75) is 40.2 Å². The Morgan fingerprint density at radius 3 is 2.14 bits per heavy atom. The maximum atomic E-state index is 6.10. The Kier molecular flexibility index (Phi) is 4.39. The van der Waals surface area contributed by atoms with E-state index < -0.39 is 0 Å². The summed E-state index contributed by atoms with van der Waals surface area (Å²) in [6.07, 6.45) is 1.15. The van der Waals surface area contributed by atoms with E-state index in [9.17, 15) is 0 Å². The molecule has 0 bridgehead atoms. The molecular formula is C12H26N2. The number of likely N-dealkylation sites (tertiary alicyclic amines) is 1. The first-order valence-corrected chi connectivity index (χ1v) is 5.97. The minimum Gasteiger partial charge on any atom is -0.327 e. The molecule has 1 saturated heterocycles. The van der Waals surface area contributed by atoms with Crippen LogP contribution in [0.1, 0.15) is 34.1 Å². The van der Waals surface area contributed by atoms with Gasteiger partial charge >= 0.3 is 0 Å². The average Bonchev–Trinajstić information content (AvgIpc) is 2.28. The number of rotatable bonds is 4. The Bertz CT molecular complexity index is 158. The molecule has 1 fully saturated rings. The predicted octanol–water partition coefficient (Wildman–Crippen LogP) is 1.95. The third-order valence-electron chi connectivity index (χ3n) is 3.33. The lowest BCUT2D eigenvalue weighted by molar-refractivity contribution is 0.285. The van der Waals surface area contributed by atoms with Gasteiger partial charge in [0.05, 0.1) is 0 Å². The lowest BCUT2D eigenvalue weighted by Gasteiger charge is -2.21. The molecule has 0 radical (unpaired) electrons. The summed E-state index contributed by atoms with van der Waals surface area (Å²) in [6, 6.07) is 0.368. The molecule has 0 amide bonds. The van der Waals surface area contributed by atoms with E-state index in [2.05, 4.69) is 32.6 Å². The normalized spacial score (nSPS) is 31.3. The molecule has 2 N–H and O–H groups in total. The number of hydrogen-bond acceptors (Lipinski definition) is 2. The zero-order valence-electron chi connectivity index (χ0n) is 10.2. The van der Waals surface area contributed by atoms with Gasteiger partial charge in [0, 0.05) is 25.7 Å². The van der Waals surface area contributed by atoms with Gasteiger partial charge in [0.2, 0.25) is 0 Å². The van der Waals surface area contributed by atoms with Crippen molar-refractivity contribution in [1.29, 1.82) is 0 Å². The highest BCUT2D eigenvalue weighted by Gasteiger charge is 2.26. The highest BCUT2D eigenvalue weighted by atomic mass is 15.2. The number of nitrogens with zero attached hydrogens (tertiary/aromatic N) is 1. The van der Waals surface area contributed by atoms with E-state index >= 15 is 0 Å². The Labute approximate surface area is 88.8 Å². The van der Waals surface area contributed by atoms with E-state index in [1.54, 1.807) is 0 Å². The monoisotopic (exact) mass is 198 g/mol. The molecule has 3 atom stereocenters. The van der Waals surface area contributed by atoms with Crippen LogP contribution >= 0.6 is 0 Å². The quantitative estimate of drug-likeness (QED) is 0.748. The Morgan fingerprint density at radius 2 is 1.71 bits per heavy atom. The lowest BCUT2D eigenvalue weighted by Crippen LogP contribution is -2.37. The van der Waals surface area contributed by atoms with Crippen molar-refractivity contribution in [2.24, 2.45) is 23.5 Å². The van der Waals surface area contributed by atoms with Crippen molar-refractivity contribution in [1.82, 2.24) is 4.90 Å². The molecule has 2 nitrogen and oxygen atoms in total. The summed E-state index contributed by atoms with van der Waals surface area (Å²) >= 11 is 0. The van der Waals surface area contributed by atoms with Crippen molar-refractivity contribution in [3.63, 3.8) is 0 Å². The summed E-state index contributed by atoms with van der Waals surface area (Å²) in [5.74, 6) is 2.42. The van der Waals surface area contributed by atoms with Crippen LogP contribution < -0.4 is 5.73 Å². The molecule has 1 heterocycles. The van der Waals surface area contributed by atoms with Crippen LogP contribution in [0.25, 0.3) is 0 Å². The summed E-state index contributed by atoms with van der Waals surface area (Å²) in [4.78, 5) is 2.53. The van der Waals surface area contributed by atoms with Crippen LogP contribution in [-0.4, -0.2) is 30.6 Å². The Hall–Kier alpha value is -0.0800. The molecule has 0 saturated carbocycles. The molecule has 0 aromatic rings. The standard InChI is InChI=1S/C12H26N2/c1-9(2)5-12(13)8-14-6-10(3)11(4)7-14/h9-12H,5-8,13H2,1-4H3. The predicted molar refractivity (Wildman–Crippen MR) is 62.2 cm³/mol. The fourth-order valence-corrected chi connectivity index (χ4v) is 2.41. The molecule has 0 aliphatic carbocycles. The SMILES string of the molecule is CC(C)CC(N)CN1CC(C)C(C)C1. The molecule has 1 aliphatic rings. The zero-order valence-corrected chi connectivity index (χ0v) is 10.2. The van der Waals surface area contributed by atoms with Gasteiger partial charge in [-0.25, -0.2) is 0 Å². The minimum atomic E-state index is 0.368. The van der Waals surface area contributed by atoms with Gasteiger partial charge < -0.3 is 10.6 Å². The van der Waals surface area contributed by atoms with Crippen LogP contribution in [0.2, 0.25) is 0 Å². The van der Waals surface area contributed by atoms with E-state index in [1.807, 2.05) is 0 Å². The fourth-order valence-electron chi connectivity index (χ4n) is 2.41. The van der Waals surface area contributed by atoms with E-state index in [1.165, 1.54) is 13.1 Å². The van der Waals surface area contributed by atoms with Gasteiger partial charge in [-0.1, -0.05) is 27.7 Å². The first kappa shape index (κ1) is 12.0. The van der Waals surface area contributed by atoms with Crippen LogP contribution in [0, 0.1) is 17.8 Å². The molecule has 1 rings (SSSR count). The molecule has 0 aromatic heterocycles. The molecular weight excluding hydrogens is 172 g/mol. The third kappa shape index (κ3) is 3.58. The second-order valence-corrected chi connectivity index (χ2v) is 5.56. The largest absolute Gasteiger partial charge is 0.327 e. The van der Waals surface area contributed by atoms with Crippen molar-refractivity contribution in [2.75, 3.05) is 19.6 Å². The second kappa shape index (κ2) is 5.13. The van der Waals surface area contributed by atoms with Crippen molar-refractivity contribution in [3.05, 3.63) is 0 Å². The van der Waals surface area contributed by atoms with Crippen LogP contribution in [-0.2, 0) is 0 Å². The minimum absolute atomic E-state index is 0.368. The van der Waals surface area contributed by atoms with Crippen LogP contribution in [0.3, 0.4) is 0 Å². The fraction of sp³-hybridized carbons (Fsp3) is 1.00. The summed E-state index contributed by atoms with van der Waals surface area (Å²) in [5.41, 5.74) is 6.10. The van der Waals surface area contributed by atoms with Gasteiger partial charge in [0.1, 0.15) is 0 Å². The Morgan fingerprint density at radius 1 is 1.21 bits per heavy atom. The molecule has 0 spiro atoms. The van der Waals surface area contributed by atoms with E-state index in [4.69, 9.17) is 5.73 Å². The first-order valence-electron chi connectivity index (χ1n) is 5.97. The van der Waals surface area contributed by atoms with Gasteiger partial charge in [-0.3, -0.25) is 0 Å². The molecule has 2 heteroatoms. The highest BCUT2D eigenvalue weighted by Crippen LogP contribution is 2.22. The van der Waals surface area contributed by atoms with Crippen molar-refractivity contribution >= 4 is 0 Å². The lowest BCUT2D eigenvalue weighted by atomic mass is 10.0. The maximum absolute atomic E-state index is 6.10. The van der Waals surface area contributed by atoms with Gasteiger partial charge in [0.15, 0.2) is 0 Å². The van der Waals surface area contributed by atoms with Crippen LogP contribution in [0.5, 0.6) is 0 Å². The number of nitrogens with two attached hydrogens (primary N) is 1. The smallest absolute Gasteiger partial charge is 0.0170 e. The summed E-state index contributed by atoms with van der Waals surface area (Å²) in [6.45, 7) is 12.8. The van der Waals surface area contributed by atoms with Crippen molar-refractivity contribution < 1.29 is 0 Å². The molecule has 84 valence electrons. The first-order chi connectivity index (χ1) is 6.49. The maximum Gasteiger partial charge on any atom is 0.0170 e. The average molecular weight is 198 g/mol. The van der Waals surface area contributed by atoms with Crippen LogP contribution in [0.4, 0.5) is 0 Å².